The molecule has 112 valence electrons. The van der Waals surface area contributed by atoms with E-state index in [4.69, 9.17) is 5.10 Å². The van der Waals surface area contributed by atoms with Crippen molar-refractivity contribution in [2.24, 2.45) is 12.1 Å². The van der Waals surface area contributed by atoms with E-state index in [0.29, 0.717) is 0 Å². The first-order valence-electron chi connectivity index (χ1n) is 7.01. The zero-order chi connectivity index (χ0) is 14.4. The van der Waals surface area contributed by atoms with Gasteiger partial charge in [-0.05, 0) is 30.8 Å². The predicted octanol–water partition coefficient (Wildman–Crippen LogP) is 0.136. The minimum atomic E-state index is 0. The number of hydrogen-bond donors (Lipinski definition) is 0. The third-order valence-electron chi connectivity index (χ3n) is 3.88. The number of rotatable bonds is 1. The van der Waals surface area contributed by atoms with Gasteiger partial charge in [-0.3, -0.25) is 0 Å². The average Bonchev–Trinajstić information content (AvgIpc) is 2.81. The van der Waals surface area contributed by atoms with E-state index in [0.717, 1.165) is 17.0 Å². The molecule has 1 aliphatic heterocycles. The number of benzene rings is 2. The second-order valence-corrected chi connectivity index (χ2v) is 6.29. The van der Waals surface area contributed by atoms with Crippen LogP contribution in [0.1, 0.15) is 11.1 Å². The summed E-state index contributed by atoms with van der Waals surface area (Å²) in [5.41, 5.74) is 6.00. The summed E-state index contributed by atoms with van der Waals surface area (Å²) >= 11 is 1.84. The molecule has 0 fully saturated rings. The van der Waals surface area contributed by atoms with Crippen LogP contribution in [0.15, 0.2) is 58.8 Å². The van der Waals surface area contributed by atoms with Gasteiger partial charge in [0.15, 0.2) is 5.52 Å². The SMILES string of the molecule is Cc1ccc(C2=Nn3c([n+](C)c4ccccc43)SC2)cc1.[Br-]. The maximum Gasteiger partial charge on any atom is 0.344 e. The van der Waals surface area contributed by atoms with Crippen LogP contribution in [0, 0.1) is 6.92 Å². The predicted molar refractivity (Wildman–Crippen MR) is 87.0 cm³/mol. The molecule has 3 aromatic rings. The Hall–Kier alpha value is -1.59. The number of halogens is 1. The summed E-state index contributed by atoms with van der Waals surface area (Å²) in [6.07, 6.45) is 0. The zero-order valence-electron chi connectivity index (χ0n) is 12.5. The second-order valence-electron chi connectivity index (χ2n) is 5.34. The van der Waals surface area contributed by atoms with E-state index in [1.807, 2.05) is 11.8 Å². The van der Waals surface area contributed by atoms with Gasteiger partial charge >= 0.3 is 5.16 Å². The topological polar surface area (TPSA) is 21.2 Å². The number of hydrogen-bond acceptors (Lipinski definition) is 2. The first-order valence-corrected chi connectivity index (χ1v) is 8.00. The van der Waals surface area contributed by atoms with Crippen LogP contribution in [-0.4, -0.2) is 16.1 Å². The Balaban J connectivity index is 0.00000144. The second kappa shape index (κ2) is 5.89. The number of imidazole rings is 1. The molecule has 2 aromatic carbocycles. The van der Waals surface area contributed by atoms with Crippen LogP contribution < -0.4 is 21.5 Å². The molecule has 0 amide bonds. The van der Waals surface area contributed by atoms with Crippen LogP contribution >= 0.6 is 11.8 Å². The van der Waals surface area contributed by atoms with Crippen LogP contribution in [0.3, 0.4) is 0 Å². The minimum Gasteiger partial charge on any atom is -1.00 e. The van der Waals surface area contributed by atoms with Gasteiger partial charge in [0, 0.05) is 5.56 Å². The number of para-hydroxylation sites is 2. The summed E-state index contributed by atoms with van der Waals surface area (Å²) in [4.78, 5) is 0. The standard InChI is InChI=1S/C17H16N3S.BrH/c1-12-7-9-13(10-8-12)14-11-21-17-19(2)15-5-3-4-6-16(15)20(17)18-14;/h3-10H,11H2,1-2H3;1H/q+1;/p-1. The summed E-state index contributed by atoms with van der Waals surface area (Å²) in [7, 11) is 2.10. The fourth-order valence-electron chi connectivity index (χ4n) is 2.70. The molecule has 1 aromatic heterocycles. The van der Waals surface area contributed by atoms with Crippen molar-refractivity contribution in [3.63, 3.8) is 0 Å². The first kappa shape index (κ1) is 15.3. The van der Waals surface area contributed by atoms with Gasteiger partial charge in [0.25, 0.3) is 0 Å². The van der Waals surface area contributed by atoms with E-state index in [-0.39, 0.29) is 17.0 Å². The highest BCUT2D eigenvalue weighted by Gasteiger charge is 2.28. The van der Waals surface area contributed by atoms with Crippen molar-refractivity contribution in [3.05, 3.63) is 59.7 Å². The third kappa shape index (κ3) is 2.38. The summed E-state index contributed by atoms with van der Waals surface area (Å²) in [6, 6.07) is 17.0. The summed E-state index contributed by atoms with van der Waals surface area (Å²) < 4.78 is 4.29. The molecule has 0 aliphatic carbocycles. The Morgan fingerprint density at radius 2 is 1.82 bits per heavy atom. The van der Waals surface area contributed by atoms with Gasteiger partial charge in [-0.25, -0.2) is 4.57 Å². The lowest BCUT2D eigenvalue weighted by atomic mass is 10.1. The van der Waals surface area contributed by atoms with Gasteiger partial charge < -0.3 is 17.0 Å². The molecule has 22 heavy (non-hydrogen) atoms. The van der Waals surface area contributed by atoms with Gasteiger partial charge in [0.1, 0.15) is 5.71 Å². The zero-order valence-corrected chi connectivity index (χ0v) is 14.9. The Kier molecular flexibility index (Phi) is 4.10. The highest BCUT2D eigenvalue weighted by molar-refractivity contribution is 7.99. The van der Waals surface area contributed by atoms with Gasteiger partial charge in [0.05, 0.1) is 12.8 Å². The molecule has 0 atom stereocenters. The fourth-order valence-corrected chi connectivity index (χ4v) is 3.74. The van der Waals surface area contributed by atoms with E-state index in [1.54, 1.807) is 0 Å². The molecule has 0 unspecified atom stereocenters. The lowest BCUT2D eigenvalue weighted by Crippen LogP contribution is -3.00. The van der Waals surface area contributed by atoms with Crippen molar-refractivity contribution in [3.8, 4) is 0 Å². The van der Waals surface area contributed by atoms with Crippen molar-refractivity contribution >= 4 is 28.5 Å². The molecular formula is C17H16BrN3S. The maximum absolute atomic E-state index is 4.89. The highest BCUT2D eigenvalue weighted by Crippen LogP contribution is 2.27. The Bertz CT molecular complexity index is 865. The Labute approximate surface area is 144 Å². The molecular weight excluding hydrogens is 358 g/mol. The number of thioether (sulfide) groups is 1. The lowest BCUT2D eigenvalue weighted by Gasteiger charge is -2.09. The normalized spacial score (nSPS) is 13.5. The van der Waals surface area contributed by atoms with Crippen LogP contribution in [-0.2, 0) is 7.05 Å². The monoisotopic (exact) mass is 373 g/mol. The summed E-state index contributed by atoms with van der Waals surface area (Å²) in [6.45, 7) is 2.11. The molecule has 0 saturated carbocycles. The summed E-state index contributed by atoms with van der Waals surface area (Å²) in [5.74, 6) is 0.910. The van der Waals surface area contributed by atoms with Crippen LogP contribution in [0.5, 0.6) is 0 Å². The number of aromatic nitrogens is 2. The third-order valence-corrected chi connectivity index (χ3v) is 5.01. The fraction of sp³-hybridized carbons (Fsp3) is 0.176. The number of fused-ring (bicyclic) bond motifs is 3. The molecule has 4 rings (SSSR count). The van der Waals surface area contributed by atoms with Crippen LogP contribution in [0.2, 0.25) is 0 Å². The van der Waals surface area contributed by atoms with E-state index >= 15 is 0 Å². The smallest absolute Gasteiger partial charge is 0.344 e. The molecule has 0 bridgehead atoms. The Morgan fingerprint density at radius 1 is 1.09 bits per heavy atom. The van der Waals surface area contributed by atoms with Crippen molar-refractivity contribution in [2.75, 3.05) is 5.75 Å². The quantitative estimate of drug-likeness (QED) is 0.555. The van der Waals surface area contributed by atoms with Gasteiger partial charge in [-0.15, -0.1) is 0 Å². The molecule has 5 heteroatoms. The van der Waals surface area contributed by atoms with Crippen molar-refractivity contribution in [1.29, 1.82) is 0 Å². The van der Waals surface area contributed by atoms with Crippen LogP contribution in [0.4, 0.5) is 0 Å². The highest BCUT2D eigenvalue weighted by atomic mass is 79.9. The molecule has 0 saturated heterocycles. The number of aryl methyl sites for hydroxylation is 2. The van der Waals surface area contributed by atoms with E-state index < -0.39 is 0 Å². The van der Waals surface area contributed by atoms with Crippen molar-refractivity contribution in [1.82, 2.24) is 4.68 Å². The molecule has 0 radical (unpaired) electrons. The van der Waals surface area contributed by atoms with Crippen LogP contribution in [0.25, 0.3) is 11.0 Å². The van der Waals surface area contributed by atoms with E-state index in [9.17, 15) is 0 Å². The summed E-state index contributed by atoms with van der Waals surface area (Å²) in [5, 5.41) is 6.07. The van der Waals surface area contributed by atoms with Gasteiger partial charge in [-0.1, -0.05) is 51.7 Å². The molecule has 1 aliphatic rings. The van der Waals surface area contributed by atoms with Gasteiger partial charge in [0.2, 0.25) is 5.52 Å². The molecule has 2 heterocycles. The Morgan fingerprint density at radius 3 is 2.59 bits per heavy atom. The van der Waals surface area contributed by atoms with E-state index in [1.165, 1.54) is 21.8 Å². The maximum atomic E-state index is 4.89. The first-order chi connectivity index (χ1) is 10.2. The van der Waals surface area contributed by atoms with Crippen molar-refractivity contribution < 1.29 is 21.5 Å². The minimum absolute atomic E-state index is 0. The molecule has 3 nitrogen and oxygen atoms in total. The molecule has 0 spiro atoms. The van der Waals surface area contributed by atoms with E-state index in [2.05, 4.69) is 71.7 Å². The van der Waals surface area contributed by atoms with Gasteiger partial charge in [-0.2, -0.15) is 0 Å². The lowest BCUT2D eigenvalue weighted by molar-refractivity contribution is -0.685. The molecule has 0 N–H and O–H groups in total. The largest absolute Gasteiger partial charge is 1.00 e. The number of nitrogens with zero attached hydrogens (tertiary/aromatic N) is 3. The average molecular weight is 374 g/mol. The van der Waals surface area contributed by atoms with Crippen molar-refractivity contribution in [2.45, 2.75) is 12.1 Å².